The molecule has 2 atom stereocenters. The third kappa shape index (κ3) is 7.96. The van der Waals surface area contributed by atoms with Gasteiger partial charge in [0, 0.05) is 17.1 Å². The van der Waals surface area contributed by atoms with Crippen molar-refractivity contribution in [3.8, 4) is 5.75 Å². The van der Waals surface area contributed by atoms with Gasteiger partial charge in [-0.2, -0.15) is 0 Å². The van der Waals surface area contributed by atoms with E-state index in [9.17, 15) is 18.0 Å². The van der Waals surface area contributed by atoms with E-state index in [1.165, 1.54) is 4.90 Å². The van der Waals surface area contributed by atoms with Crippen molar-refractivity contribution in [2.45, 2.75) is 52.2 Å². The van der Waals surface area contributed by atoms with Crippen LogP contribution in [0.15, 0.2) is 53.0 Å². The van der Waals surface area contributed by atoms with Gasteiger partial charge in [-0.05, 0) is 65.5 Å². The van der Waals surface area contributed by atoms with Crippen LogP contribution in [-0.2, 0) is 26.2 Å². The Hall–Kier alpha value is -2.59. The van der Waals surface area contributed by atoms with Crippen molar-refractivity contribution >= 4 is 43.5 Å². The van der Waals surface area contributed by atoms with E-state index >= 15 is 0 Å². The summed E-state index contributed by atoms with van der Waals surface area (Å²) in [5.74, 6) is -0.0750. The van der Waals surface area contributed by atoms with Crippen molar-refractivity contribution in [2.24, 2.45) is 0 Å². The standard InChI is InChI=1S/C25H34BrN3O5S/c1-6-18(3)27-25(31)22(7-2)28(16-19-12-14-20(34-4)15-13-19)24(30)17-29(35(5,32)33)23-11-9-8-10-21(23)26/h8-15,18,22H,6-7,16-17H2,1-5H3,(H,27,31). The minimum absolute atomic E-state index is 0.0534. The molecule has 0 spiro atoms. The normalized spacial score (nSPS) is 13.0. The van der Waals surface area contributed by atoms with E-state index in [1.54, 1.807) is 43.5 Å². The molecular weight excluding hydrogens is 534 g/mol. The number of sulfonamides is 1. The minimum atomic E-state index is -3.79. The minimum Gasteiger partial charge on any atom is -0.497 e. The average Bonchev–Trinajstić information content (AvgIpc) is 2.82. The molecule has 2 amide bonds. The number of para-hydroxylation sites is 1. The van der Waals surface area contributed by atoms with Crippen LogP contribution in [0.4, 0.5) is 5.69 Å². The molecule has 10 heteroatoms. The Morgan fingerprint density at radius 2 is 1.69 bits per heavy atom. The summed E-state index contributed by atoms with van der Waals surface area (Å²) in [5.41, 5.74) is 1.14. The molecule has 0 aliphatic carbocycles. The lowest BCUT2D eigenvalue weighted by molar-refractivity contribution is -0.140. The zero-order chi connectivity index (χ0) is 26.2. The maximum absolute atomic E-state index is 13.7. The molecule has 0 aliphatic heterocycles. The van der Waals surface area contributed by atoms with Crippen LogP contribution in [0.25, 0.3) is 0 Å². The third-order valence-electron chi connectivity index (χ3n) is 5.70. The Bertz CT molecular complexity index is 1110. The number of carbonyl (C=O) groups excluding carboxylic acids is 2. The van der Waals surface area contributed by atoms with Gasteiger partial charge in [-0.1, -0.05) is 38.1 Å². The van der Waals surface area contributed by atoms with Crippen molar-refractivity contribution in [1.82, 2.24) is 10.2 Å². The number of carbonyl (C=O) groups is 2. The van der Waals surface area contributed by atoms with Gasteiger partial charge in [-0.3, -0.25) is 13.9 Å². The summed E-state index contributed by atoms with van der Waals surface area (Å²) in [6.07, 6.45) is 2.18. The number of hydrogen-bond donors (Lipinski definition) is 1. The third-order valence-corrected chi connectivity index (χ3v) is 7.50. The fourth-order valence-electron chi connectivity index (χ4n) is 3.54. The highest BCUT2D eigenvalue weighted by atomic mass is 79.9. The highest BCUT2D eigenvalue weighted by Crippen LogP contribution is 2.28. The highest BCUT2D eigenvalue weighted by Gasteiger charge is 2.32. The van der Waals surface area contributed by atoms with Crippen molar-refractivity contribution < 1.29 is 22.7 Å². The second-order valence-corrected chi connectivity index (χ2v) is 11.1. The fourth-order valence-corrected chi connectivity index (χ4v) is 5.01. The first-order valence-corrected chi connectivity index (χ1v) is 14.1. The van der Waals surface area contributed by atoms with Crippen LogP contribution in [0, 0.1) is 0 Å². The van der Waals surface area contributed by atoms with Crippen LogP contribution < -0.4 is 14.4 Å². The second kappa shape index (κ2) is 12.9. The fraction of sp³-hybridized carbons (Fsp3) is 0.440. The first-order chi connectivity index (χ1) is 16.5. The van der Waals surface area contributed by atoms with E-state index < -0.39 is 28.5 Å². The molecule has 0 fully saturated rings. The number of nitrogens with one attached hydrogen (secondary N) is 1. The molecule has 192 valence electrons. The molecule has 8 nitrogen and oxygen atoms in total. The van der Waals surface area contributed by atoms with Gasteiger partial charge in [-0.15, -0.1) is 0 Å². The molecule has 0 radical (unpaired) electrons. The predicted molar refractivity (Wildman–Crippen MR) is 142 cm³/mol. The average molecular weight is 569 g/mol. The van der Waals surface area contributed by atoms with E-state index in [4.69, 9.17) is 4.74 Å². The summed E-state index contributed by atoms with van der Waals surface area (Å²) in [7, 11) is -2.22. The zero-order valence-electron chi connectivity index (χ0n) is 20.8. The molecule has 0 bridgehead atoms. The van der Waals surface area contributed by atoms with Crippen molar-refractivity contribution in [3.63, 3.8) is 0 Å². The molecule has 0 heterocycles. The summed E-state index contributed by atoms with van der Waals surface area (Å²) in [4.78, 5) is 28.2. The smallest absolute Gasteiger partial charge is 0.244 e. The molecule has 2 aromatic carbocycles. The molecule has 0 saturated heterocycles. The van der Waals surface area contributed by atoms with Crippen LogP contribution in [0.5, 0.6) is 5.75 Å². The molecule has 0 aromatic heterocycles. The van der Waals surface area contributed by atoms with Gasteiger partial charge >= 0.3 is 0 Å². The van der Waals surface area contributed by atoms with E-state index in [0.717, 1.165) is 22.5 Å². The summed E-state index contributed by atoms with van der Waals surface area (Å²) in [6, 6.07) is 13.2. The Kier molecular flexibility index (Phi) is 10.6. The van der Waals surface area contributed by atoms with Gasteiger partial charge < -0.3 is 15.0 Å². The lowest BCUT2D eigenvalue weighted by Gasteiger charge is -2.33. The van der Waals surface area contributed by atoms with Crippen LogP contribution in [0.2, 0.25) is 0 Å². The number of nitrogens with zero attached hydrogens (tertiary/aromatic N) is 2. The summed E-state index contributed by atoms with van der Waals surface area (Å²) < 4.78 is 32.2. The van der Waals surface area contributed by atoms with E-state index in [-0.39, 0.29) is 18.5 Å². The lowest BCUT2D eigenvalue weighted by Crippen LogP contribution is -2.53. The van der Waals surface area contributed by atoms with Gasteiger partial charge in [0.25, 0.3) is 0 Å². The zero-order valence-corrected chi connectivity index (χ0v) is 23.2. The second-order valence-electron chi connectivity index (χ2n) is 8.33. The monoisotopic (exact) mass is 567 g/mol. The number of hydrogen-bond acceptors (Lipinski definition) is 5. The molecule has 35 heavy (non-hydrogen) atoms. The number of methoxy groups -OCH3 is 1. The topological polar surface area (TPSA) is 96.0 Å². The van der Waals surface area contributed by atoms with Gasteiger partial charge in [-0.25, -0.2) is 8.42 Å². The van der Waals surface area contributed by atoms with Crippen LogP contribution >= 0.6 is 15.9 Å². The summed E-state index contributed by atoms with van der Waals surface area (Å²) in [6.45, 7) is 5.40. The number of rotatable bonds is 12. The van der Waals surface area contributed by atoms with Gasteiger partial charge in [0.2, 0.25) is 21.8 Å². The Labute approximate surface area is 216 Å². The predicted octanol–water partition coefficient (Wildman–Crippen LogP) is 3.95. The number of amides is 2. The largest absolute Gasteiger partial charge is 0.497 e. The molecule has 2 unspecified atom stereocenters. The Morgan fingerprint density at radius 1 is 1.06 bits per heavy atom. The first kappa shape index (κ1) is 28.6. The molecule has 2 rings (SSSR count). The lowest BCUT2D eigenvalue weighted by atomic mass is 10.1. The quantitative estimate of drug-likeness (QED) is 0.419. The summed E-state index contributed by atoms with van der Waals surface area (Å²) in [5, 5.41) is 2.95. The van der Waals surface area contributed by atoms with Gasteiger partial charge in [0.15, 0.2) is 0 Å². The number of halogens is 1. The van der Waals surface area contributed by atoms with Gasteiger partial charge in [0.05, 0.1) is 19.1 Å². The SMILES string of the molecule is CCC(C)NC(=O)C(CC)N(Cc1ccc(OC)cc1)C(=O)CN(c1ccccc1Br)S(C)(=O)=O. The summed E-state index contributed by atoms with van der Waals surface area (Å²) >= 11 is 3.38. The first-order valence-electron chi connectivity index (χ1n) is 11.5. The Balaban J connectivity index is 2.44. The number of benzene rings is 2. The maximum Gasteiger partial charge on any atom is 0.244 e. The van der Waals surface area contributed by atoms with Crippen molar-refractivity contribution in [1.29, 1.82) is 0 Å². The van der Waals surface area contributed by atoms with Crippen molar-refractivity contribution in [2.75, 3.05) is 24.2 Å². The maximum atomic E-state index is 13.7. The van der Waals surface area contributed by atoms with E-state index in [2.05, 4.69) is 21.2 Å². The molecule has 1 N–H and O–H groups in total. The number of anilines is 1. The van der Waals surface area contributed by atoms with E-state index in [0.29, 0.717) is 22.3 Å². The van der Waals surface area contributed by atoms with Crippen LogP contribution in [-0.4, -0.2) is 57.1 Å². The van der Waals surface area contributed by atoms with Crippen LogP contribution in [0.3, 0.4) is 0 Å². The van der Waals surface area contributed by atoms with E-state index in [1.807, 2.05) is 32.9 Å². The highest BCUT2D eigenvalue weighted by molar-refractivity contribution is 9.10. The van der Waals surface area contributed by atoms with Gasteiger partial charge in [0.1, 0.15) is 18.3 Å². The molecule has 0 saturated carbocycles. The molecule has 2 aromatic rings. The molecule has 0 aliphatic rings. The Morgan fingerprint density at radius 3 is 2.20 bits per heavy atom. The van der Waals surface area contributed by atoms with Crippen LogP contribution in [0.1, 0.15) is 39.2 Å². The molecular formula is C25H34BrN3O5S. The number of ether oxygens (including phenoxy) is 1. The van der Waals surface area contributed by atoms with Crippen molar-refractivity contribution in [3.05, 3.63) is 58.6 Å².